The highest BCUT2D eigenvalue weighted by molar-refractivity contribution is 7.92. The van der Waals surface area contributed by atoms with Crippen molar-refractivity contribution in [1.82, 2.24) is 14.2 Å². The van der Waals surface area contributed by atoms with E-state index in [1.807, 2.05) is 55.2 Å². The summed E-state index contributed by atoms with van der Waals surface area (Å²) in [5.41, 5.74) is 2.68. The van der Waals surface area contributed by atoms with Gasteiger partial charge in [0.15, 0.2) is 0 Å². The summed E-state index contributed by atoms with van der Waals surface area (Å²) in [4.78, 5) is 28.3. The quantitative estimate of drug-likeness (QED) is 0.304. The van der Waals surface area contributed by atoms with Crippen molar-refractivity contribution in [3.63, 3.8) is 0 Å². The van der Waals surface area contributed by atoms with Gasteiger partial charge in [0.2, 0.25) is 0 Å². The summed E-state index contributed by atoms with van der Waals surface area (Å²) in [5.74, 6) is 0. The number of anilines is 2. The minimum absolute atomic E-state index is 0.0495. The van der Waals surface area contributed by atoms with Gasteiger partial charge in [0.25, 0.3) is 15.6 Å². The predicted octanol–water partition coefficient (Wildman–Crippen LogP) is 4.63. The molecule has 0 aliphatic heterocycles. The van der Waals surface area contributed by atoms with E-state index < -0.39 is 16.1 Å². The summed E-state index contributed by atoms with van der Waals surface area (Å²) in [6.07, 6.45) is 1.82. The van der Waals surface area contributed by atoms with Gasteiger partial charge in [-0.1, -0.05) is 11.6 Å². The molecule has 2 amide bonds. The van der Waals surface area contributed by atoms with E-state index >= 15 is 0 Å². The Morgan fingerprint density at radius 3 is 2.32 bits per heavy atom. The van der Waals surface area contributed by atoms with Crippen LogP contribution in [0.15, 0.2) is 63.7 Å². The van der Waals surface area contributed by atoms with E-state index in [-0.39, 0.29) is 9.77 Å². The lowest BCUT2D eigenvalue weighted by atomic mass is 10.1. The fourth-order valence-electron chi connectivity index (χ4n) is 3.83. The average Bonchev–Trinajstić information content (AvgIpc) is 3.19. The van der Waals surface area contributed by atoms with Crippen molar-refractivity contribution >= 4 is 61.1 Å². The molecule has 0 unspecified atom stereocenters. The number of benzene rings is 2. The third kappa shape index (κ3) is 5.80. The van der Waals surface area contributed by atoms with Crippen LogP contribution in [-0.2, 0) is 16.6 Å². The number of halogens is 1. The lowest BCUT2D eigenvalue weighted by Gasteiger charge is -2.17. The first-order chi connectivity index (χ1) is 17.5. The molecule has 2 aromatic carbocycles. The zero-order valence-electron chi connectivity index (χ0n) is 20.6. The summed E-state index contributed by atoms with van der Waals surface area (Å²) < 4.78 is 28.4. The van der Waals surface area contributed by atoms with Crippen molar-refractivity contribution in [3.8, 4) is 5.69 Å². The first kappa shape index (κ1) is 26.7. The van der Waals surface area contributed by atoms with Crippen LogP contribution >= 0.6 is 22.9 Å². The topological polar surface area (TPSA) is 113 Å². The second-order valence-electron chi connectivity index (χ2n) is 8.65. The number of carbonyl (C=O) groups is 1. The number of rotatable bonds is 7. The Balaban J connectivity index is 1.59. The van der Waals surface area contributed by atoms with Crippen LogP contribution in [0.1, 0.15) is 10.4 Å². The Bertz CT molecular complexity index is 1620. The first-order valence-corrected chi connectivity index (χ1v) is 13.9. The minimum atomic E-state index is -4.06. The molecule has 0 saturated heterocycles. The molecule has 2 aromatic heterocycles. The number of carbonyl (C=O) groups excluding carboxylic acids is 1. The summed E-state index contributed by atoms with van der Waals surface area (Å²) in [7, 11) is 1.69. The molecule has 0 radical (unpaired) electrons. The fraction of sp³-hybridized carbons (Fsp3) is 0.200. The standard InChI is InChI=1S/C25H26ClN5O4S2/c1-15-22(26)12-23(36-15)37(34,35)29-25(33)28-17-5-8-19(9-6-17)31-14-16(13-30(3)4)21-11-18(27-2)7-10-20(21)24(31)32/h5-12,14,27H,13H2,1-4H3,(H2,28,29,33). The van der Waals surface area contributed by atoms with Crippen LogP contribution in [0.5, 0.6) is 0 Å². The van der Waals surface area contributed by atoms with E-state index in [1.54, 1.807) is 35.8 Å². The molecule has 4 rings (SSSR count). The highest BCUT2D eigenvalue weighted by atomic mass is 35.5. The molecule has 4 aromatic rings. The summed E-state index contributed by atoms with van der Waals surface area (Å²) in [6, 6.07) is 12.6. The number of thiophene rings is 1. The van der Waals surface area contributed by atoms with Gasteiger partial charge in [-0.05, 0) is 80.5 Å². The number of hydrogen-bond acceptors (Lipinski definition) is 7. The second kappa shape index (κ2) is 10.5. The Kier molecular flexibility index (Phi) is 7.60. The predicted molar refractivity (Wildman–Crippen MR) is 150 cm³/mol. The van der Waals surface area contributed by atoms with Crippen LogP contribution in [0.3, 0.4) is 0 Å². The van der Waals surface area contributed by atoms with E-state index in [9.17, 15) is 18.0 Å². The van der Waals surface area contributed by atoms with Crippen molar-refractivity contribution < 1.29 is 13.2 Å². The van der Waals surface area contributed by atoms with Crippen LogP contribution in [0.25, 0.3) is 16.5 Å². The number of fused-ring (bicyclic) bond motifs is 1. The number of hydrogen-bond donors (Lipinski definition) is 3. The number of nitrogens with zero attached hydrogens (tertiary/aromatic N) is 2. The van der Waals surface area contributed by atoms with Crippen LogP contribution < -0.4 is 20.9 Å². The maximum absolute atomic E-state index is 13.3. The Labute approximate surface area is 223 Å². The third-order valence-electron chi connectivity index (χ3n) is 5.60. The normalized spacial score (nSPS) is 11.6. The zero-order chi connectivity index (χ0) is 26.9. The number of pyridine rings is 1. The summed E-state index contributed by atoms with van der Waals surface area (Å²) >= 11 is 6.92. The van der Waals surface area contributed by atoms with E-state index in [4.69, 9.17) is 11.6 Å². The van der Waals surface area contributed by atoms with E-state index in [1.165, 1.54) is 6.07 Å². The van der Waals surface area contributed by atoms with Crippen molar-refractivity contribution in [2.24, 2.45) is 0 Å². The number of aromatic nitrogens is 1. The highest BCUT2D eigenvalue weighted by Crippen LogP contribution is 2.29. The molecule has 0 fully saturated rings. The lowest BCUT2D eigenvalue weighted by molar-refractivity contribution is 0.256. The molecule has 0 atom stereocenters. The Morgan fingerprint density at radius 2 is 1.73 bits per heavy atom. The van der Waals surface area contributed by atoms with Crippen LogP contribution in [0.4, 0.5) is 16.2 Å². The van der Waals surface area contributed by atoms with Gasteiger partial charge in [-0.3, -0.25) is 9.36 Å². The molecule has 3 N–H and O–H groups in total. The minimum Gasteiger partial charge on any atom is -0.388 e. The van der Waals surface area contributed by atoms with Crippen LogP contribution in [0.2, 0.25) is 5.02 Å². The largest absolute Gasteiger partial charge is 0.388 e. The van der Waals surface area contributed by atoms with Gasteiger partial charge in [-0.2, -0.15) is 0 Å². The van der Waals surface area contributed by atoms with Gasteiger partial charge in [-0.25, -0.2) is 17.9 Å². The van der Waals surface area contributed by atoms with Crippen LogP contribution in [-0.4, -0.2) is 45.1 Å². The summed E-state index contributed by atoms with van der Waals surface area (Å²) in [6.45, 7) is 2.32. The molecule has 0 aliphatic carbocycles. The Morgan fingerprint density at radius 1 is 1.05 bits per heavy atom. The molecule has 194 valence electrons. The van der Waals surface area contributed by atoms with Crippen molar-refractivity contribution in [1.29, 1.82) is 0 Å². The van der Waals surface area contributed by atoms with E-state index in [2.05, 4.69) is 10.6 Å². The number of sulfonamides is 1. The lowest BCUT2D eigenvalue weighted by Crippen LogP contribution is -2.33. The molecular weight excluding hydrogens is 534 g/mol. The van der Waals surface area contributed by atoms with Gasteiger partial charge in [-0.15, -0.1) is 11.3 Å². The molecule has 37 heavy (non-hydrogen) atoms. The number of amides is 2. The fourth-order valence-corrected chi connectivity index (χ4v) is 6.42. The SMILES string of the molecule is CNc1ccc2c(=O)n(-c3ccc(NC(=O)NS(=O)(=O)c4cc(Cl)c(C)s4)cc3)cc(CN(C)C)c2c1. The smallest absolute Gasteiger partial charge is 0.333 e. The zero-order valence-corrected chi connectivity index (χ0v) is 23.0. The van der Waals surface area contributed by atoms with Gasteiger partial charge >= 0.3 is 6.03 Å². The van der Waals surface area contributed by atoms with Crippen LogP contribution in [0, 0.1) is 6.92 Å². The summed E-state index contributed by atoms with van der Waals surface area (Å²) in [5, 5.41) is 7.40. The number of aryl methyl sites for hydroxylation is 1. The van der Waals surface area contributed by atoms with E-state index in [0.717, 1.165) is 28.0 Å². The molecule has 9 nitrogen and oxygen atoms in total. The first-order valence-electron chi connectivity index (χ1n) is 11.2. The number of nitrogens with one attached hydrogen (secondary N) is 3. The number of urea groups is 1. The van der Waals surface area contributed by atoms with Gasteiger partial charge in [0, 0.05) is 47.1 Å². The van der Waals surface area contributed by atoms with E-state index in [0.29, 0.717) is 33.2 Å². The molecule has 0 saturated carbocycles. The van der Waals surface area contributed by atoms with Crippen molar-refractivity contribution in [3.05, 3.63) is 80.5 Å². The molecule has 12 heteroatoms. The van der Waals surface area contributed by atoms with Gasteiger partial charge in [0.05, 0.1) is 5.02 Å². The molecule has 2 heterocycles. The van der Waals surface area contributed by atoms with Gasteiger partial charge in [0.1, 0.15) is 4.21 Å². The molecular formula is C25H26ClN5O4S2. The van der Waals surface area contributed by atoms with Crippen molar-refractivity contribution in [2.45, 2.75) is 17.7 Å². The average molecular weight is 560 g/mol. The van der Waals surface area contributed by atoms with Gasteiger partial charge < -0.3 is 15.5 Å². The second-order valence-corrected chi connectivity index (χ2v) is 12.2. The third-order valence-corrected chi connectivity index (χ3v) is 8.96. The molecule has 0 aliphatic rings. The molecule has 0 bridgehead atoms. The van der Waals surface area contributed by atoms with Crippen molar-refractivity contribution in [2.75, 3.05) is 31.8 Å². The highest BCUT2D eigenvalue weighted by Gasteiger charge is 2.21. The maximum Gasteiger partial charge on any atom is 0.333 e. The Hall–Kier alpha value is -3.38. The maximum atomic E-state index is 13.3. The monoisotopic (exact) mass is 559 g/mol. The molecule has 0 spiro atoms.